The molecule has 1 aliphatic heterocycles. The summed E-state index contributed by atoms with van der Waals surface area (Å²) in [7, 11) is 0. The minimum atomic E-state index is 0.177. The van der Waals surface area contributed by atoms with Crippen LogP contribution >= 0.6 is 22.9 Å². The number of fused-ring (bicyclic) bond motifs is 1. The van der Waals surface area contributed by atoms with Crippen LogP contribution in [0.4, 0.5) is 5.69 Å². The summed E-state index contributed by atoms with van der Waals surface area (Å²) < 4.78 is 0. The molecule has 0 spiro atoms. The van der Waals surface area contributed by atoms with E-state index < -0.39 is 0 Å². The van der Waals surface area contributed by atoms with Gasteiger partial charge in [-0.05, 0) is 55.0 Å². The van der Waals surface area contributed by atoms with Crippen LogP contribution in [0, 0.1) is 0 Å². The van der Waals surface area contributed by atoms with Gasteiger partial charge in [-0.2, -0.15) is 0 Å². The minimum absolute atomic E-state index is 0.177. The predicted molar refractivity (Wildman–Crippen MR) is 118 cm³/mol. The second-order valence-electron chi connectivity index (χ2n) is 7.19. The first-order chi connectivity index (χ1) is 13.7. The van der Waals surface area contributed by atoms with Crippen molar-refractivity contribution >= 4 is 45.4 Å². The Morgan fingerprint density at radius 1 is 1.29 bits per heavy atom. The number of benzene rings is 1. The van der Waals surface area contributed by atoms with Crippen molar-refractivity contribution in [2.24, 2.45) is 0 Å². The first-order valence-corrected chi connectivity index (χ1v) is 11.1. The molecular formula is C22H24ClN3OS. The van der Waals surface area contributed by atoms with Gasteiger partial charge in [-0.3, -0.25) is 9.78 Å². The van der Waals surface area contributed by atoms with E-state index in [2.05, 4.69) is 27.8 Å². The number of aromatic nitrogens is 1. The largest absolute Gasteiger partial charge is 0.371 e. The number of halogens is 1. The van der Waals surface area contributed by atoms with Gasteiger partial charge in [-0.1, -0.05) is 24.6 Å². The first kappa shape index (κ1) is 19.2. The molecule has 1 fully saturated rings. The van der Waals surface area contributed by atoms with Crippen LogP contribution in [0.1, 0.15) is 35.9 Å². The van der Waals surface area contributed by atoms with Gasteiger partial charge in [0.15, 0.2) is 0 Å². The standard InChI is InChI=1S/C22H24ClN3OS/c1-2-11-26(22(27)21-4-3-14-28-21)17-8-12-25(13-9-17)20-7-10-24-19-6-5-16(23)15-18(19)20/h3-7,10,14-15,17H,2,8-9,11-13H2,1H3. The molecule has 2 aromatic heterocycles. The zero-order valence-corrected chi connectivity index (χ0v) is 17.5. The van der Waals surface area contributed by atoms with Crippen LogP contribution in [0.3, 0.4) is 0 Å². The molecule has 0 N–H and O–H groups in total. The highest BCUT2D eigenvalue weighted by Crippen LogP contribution is 2.31. The summed E-state index contributed by atoms with van der Waals surface area (Å²) in [5.74, 6) is 0.177. The minimum Gasteiger partial charge on any atom is -0.371 e. The molecule has 4 rings (SSSR count). The number of carbonyl (C=O) groups is 1. The number of piperidine rings is 1. The normalized spacial score (nSPS) is 15.1. The maximum atomic E-state index is 13.0. The molecule has 1 amide bonds. The number of thiophene rings is 1. The molecule has 0 aliphatic carbocycles. The van der Waals surface area contributed by atoms with E-state index in [0.29, 0.717) is 6.04 Å². The van der Waals surface area contributed by atoms with Crippen LogP contribution in [0.15, 0.2) is 48.0 Å². The van der Waals surface area contributed by atoms with Crippen LogP contribution < -0.4 is 4.90 Å². The van der Waals surface area contributed by atoms with E-state index in [1.54, 1.807) is 0 Å². The van der Waals surface area contributed by atoms with Crippen molar-refractivity contribution in [1.82, 2.24) is 9.88 Å². The smallest absolute Gasteiger partial charge is 0.264 e. The number of hydrogen-bond donors (Lipinski definition) is 0. The highest BCUT2D eigenvalue weighted by molar-refractivity contribution is 7.12. The van der Waals surface area contributed by atoms with Crippen LogP contribution in [0.25, 0.3) is 10.9 Å². The Kier molecular flexibility index (Phi) is 5.83. The van der Waals surface area contributed by atoms with E-state index in [4.69, 9.17) is 11.6 Å². The summed E-state index contributed by atoms with van der Waals surface area (Å²) in [4.78, 5) is 22.7. The Hall–Kier alpha value is -2.11. The Bertz CT molecular complexity index is 952. The Labute approximate surface area is 174 Å². The fraction of sp³-hybridized carbons (Fsp3) is 0.364. The van der Waals surface area contributed by atoms with Crippen molar-refractivity contribution in [3.63, 3.8) is 0 Å². The molecule has 28 heavy (non-hydrogen) atoms. The number of pyridine rings is 1. The van der Waals surface area contributed by atoms with Crippen LogP contribution in [-0.2, 0) is 0 Å². The topological polar surface area (TPSA) is 36.4 Å². The van der Waals surface area contributed by atoms with Gasteiger partial charge in [-0.25, -0.2) is 0 Å². The molecular weight excluding hydrogens is 390 g/mol. The van der Waals surface area contributed by atoms with Gasteiger partial charge >= 0.3 is 0 Å². The number of hydrogen-bond acceptors (Lipinski definition) is 4. The van der Waals surface area contributed by atoms with Crippen molar-refractivity contribution in [1.29, 1.82) is 0 Å². The molecule has 0 atom stereocenters. The SMILES string of the molecule is CCCN(C(=O)c1cccs1)C1CCN(c2ccnc3ccc(Cl)cc23)CC1. The zero-order chi connectivity index (χ0) is 19.5. The van der Waals surface area contributed by atoms with E-state index in [1.807, 2.05) is 41.9 Å². The van der Waals surface area contributed by atoms with Crippen LogP contribution in [-0.4, -0.2) is 41.5 Å². The summed E-state index contributed by atoms with van der Waals surface area (Å²) >= 11 is 7.75. The maximum absolute atomic E-state index is 13.0. The van der Waals surface area contributed by atoms with E-state index in [0.717, 1.165) is 59.7 Å². The molecule has 0 bridgehead atoms. The number of amides is 1. The molecule has 1 aliphatic rings. The second kappa shape index (κ2) is 8.50. The monoisotopic (exact) mass is 413 g/mol. The van der Waals surface area contributed by atoms with E-state index in [1.165, 1.54) is 17.0 Å². The molecule has 1 aromatic carbocycles. The van der Waals surface area contributed by atoms with Crippen molar-refractivity contribution in [3.8, 4) is 0 Å². The van der Waals surface area contributed by atoms with E-state index in [9.17, 15) is 4.79 Å². The van der Waals surface area contributed by atoms with Crippen LogP contribution in [0.2, 0.25) is 5.02 Å². The van der Waals surface area contributed by atoms with E-state index in [-0.39, 0.29) is 5.91 Å². The lowest BCUT2D eigenvalue weighted by Gasteiger charge is -2.39. The van der Waals surface area contributed by atoms with Crippen molar-refractivity contribution < 1.29 is 4.79 Å². The van der Waals surface area contributed by atoms with Crippen molar-refractivity contribution in [2.45, 2.75) is 32.2 Å². The first-order valence-electron chi connectivity index (χ1n) is 9.81. The molecule has 146 valence electrons. The molecule has 3 heterocycles. The lowest BCUT2D eigenvalue weighted by Crippen LogP contribution is -2.47. The van der Waals surface area contributed by atoms with Gasteiger partial charge in [0.25, 0.3) is 5.91 Å². The zero-order valence-electron chi connectivity index (χ0n) is 16.0. The predicted octanol–water partition coefficient (Wildman–Crippen LogP) is 5.47. The molecule has 0 unspecified atom stereocenters. The molecule has 4 nitrogen and oxygen atoms in total. The Balaban J connectivity index is 1.51. The quantitative estimate of drug-likeness (QED) is 0.556. The average Bonchev–Trinajstić information content (AvgIpc) is 3.26. The maximum Gasteiger partial charge on any atom is 0.264 e. The second-order valence-corrected chi connectivity index (χ2v) is 8.57. The fourth-order valence-corrected chi connectivity index (χ4v) is 4.88. The molecule has 6 heteroatoms. The van der Waals surface area contributed by atoms with Gasteiger partial charge < -0.3 is 9.80 Å². The fourth-order valence-electron chi connectivity index (χ4n) is 4.03. The van der Waals surface area contributed by atoms with Gasteiger partial charge in [0, 0.05) is 48.0 Å². The van der Waals surface area contributed by atoms with Gasteiger partial charge in [0.05, 0.1) is 10.4 Å². The third-order valence-electron chi connectivity index (χ3n) is 5.38. The summed E-state index contributed by atoms with van der Waals surface area (Å²) in [6.07, 6.45) is 4.79. The van der Waals surface area contributed by atoms with Crippen molar-refractivity contribution in [2.75, 3.05) is 24.5 Å². The molecule has 1 saturated heterocycles. The molecule has 0 saturated carbocycles. The van der Waals surface area contributed by atoms with Gasteiger partial charge in [0.1, 0.15) is 0 Å². The molecule has 3 aromatic rings. The highest BCUT2D eigenvalue weighted by Gasteiger charge is 2.29. The highest BCUT2D eigenvalue weighted by atomic mass is 35.5. The molecule has 0 radical (unpaired) electrons. The summed E-state index contributed by atoms with van der Waals surface area (Å²) in [5, 5.41) is 3.79. The lowest BCUT2D eigenvalue weighted by molar-refractivity contribution is 0.0655. The van der Waals surface area contributed by atoms with Gasteiger partial charge in [0.2, 0.25) is 0 Å². The third kappa shape index (κ3) is 3.87. The number of anilines is 1. The summed E-state index contributed by atoms with van der Waals surface area (Å²) in [6.45, 7) is 4.80. The Morgan fingerprint density at radius 3 is 2.82 bits per heavy atom. The lowest BCUT2D eigenvalue weighted by atomic mass is 10.0. The number of carbonyl (C=O) groups excluding carboxylic acids is 1. The summed E-state index contributed by atoms with van der Waals surface area (Å²) in [5.41, 5.74) is 2.14. The third-order valence-corrected chi connectivity index (χ3v) is 6.48. The summed E-state index contributed by atoms with van der Waals surface area (Å²) in [6, 6.07) is 12.1. The van der Waals surface area contributed by atoms with Crippen molar-refractivity contribution in [3.05, 3.63) is 57.9 Å². The average molecular weight is 414 g/mol. The number of nitrogens with zero attached hydrogens (tertiary/aromatic N) is 3. The number of rotatable bonds is 5. The Morgan fingerprint density at radius 2 is 2.11 bits per heavy atom. The van der Waals surface area contributed by atoms with Crippen LogP contribution in [0.5, 0.6) is 0 Å². The van der Waals surface area contributed by atoms with E-state index >= 15 is 0 Å². The van der Waals surface area contributed by atoms with Gasteiger partial charge in [-0.15, -0.1) is 11.3 Å².